The number of rotatable bonds is 1. The van der Waals surface area contributed by atoms with E-state index in [4.69, 9.17) is 10.5 Å². The molecule has 2 aliphatic heterocycles. The zero-order valence-electron chi connectivity index (χ0n) is 10.5. The van der Waals surface area contributed by atoms with Crippen molar-refractivity contribution in [3.63, 3.8) is 0 Å². The fraction of sp³-hybridized carbons (Fsp3) is 0.833. The summed E-state index contributed by atoms with van der Waals surface area (Å²) in [5.41, 5.74) is 5.98. The van der Waals surface area contributed by atoms with Crippen molar-refractivity contribution in [1.82, 2.24) is 14.8 Å². The number of hydrogen-bond acceptors (Lipinski definition) is 4. The first kappa shape index (κ1) is 11.2. The monoisotopic (exact) mass is 236 g/mol. The molecule has 3 heterocycles. The maximum absolute atomic E-state index is 6.16. The van der Waals surface area contributed by atoms with Crippen LogP contribution in [-0.2, 0) is 23.1 Å². The second-order valence-corrected chi connectivity index (χ2v) is 5.73. The molecule has 0 radical (unpaired) electrons. The van der Waals surface area contributed by atoms with Crippen LogP contribution in [0.1, 0.15) is 31.9 Å². The van der Waals surface area contributed by atoms with E-state index in [0.717, 1.165) is 24.6 Å². The molecule has 1 aromatic heterocycles. The van der Waals surface area contributed by atoms with Crippen molar-refractivity contribution in [2.45, 2.75) is 44.7 Å². The second-order valence-electron chi connectivity index (χ2n) is 5.73. The number of ether oxygens (including phenoxy) is 1. The highest BCUT2D eigenvalue weighted by Crippen LogP contribution is 2.33. The quantitative estimate of drug-likeness (QED) is 0.770. The first-order valence-corrected chi connectivity index (χ1v) is 6.37. The number of hydrogen-bond donors (Lipinski definition) is 1. The zero-order chi connectivity index (χ0) is 12.0. The van der Waals surface area contributed by atoms with Crippen LogP contribution in [0.25, 0.3) is 0 Å². The molecule has 5 nitrogen and oxygen atoms in total. The molecule has 0 aromatic carbocycles. The van der Waals surface area contributed by atoms with E-state index in [-0.39, 0.29) is 11.5 Å². The van der Waals surface area contributed by atoms with Crippen LogP contribution in [0.4, 0.5) is 0 Å². The Morgan fingerprint density at radius 1 is 1.47 bits per heavy atom. The lowest BCUT2D eigenvalue weighted by molar-refractivity contribution is 0.177. The van der Waals surface area contributed by atoms with Gasteiger partial charge in [-0.2, -0.15) is 0 Å². The summed E-state index contributed by atoms with van der Waals surface area (Å²) in [7, 11) is 0. The first-order valence-electron chi connectivity index (χ1n) is 6.37. The van der Waals surface area contributed by atoms with E-state index in [0.29, 0.717) is 19.1 Å². The average molecular weight is 236 g/mol. The van der Waals surface area contributed by atoms with Crippen LogP contribution in [0.2, 0.25) is 0 Å². The number of nitrogens with two attached hydrogens (primary N) is 1. The SMILES string of the molecule is CC1CCn2c(nnc2C2(C)COCC2N)C1. The van der Waals surface area contributed by atoms with Gasteiger partial charge in [-0.3, -0.25) is 0 Å². The Morgan fingerprint density at radius 3 is 3.00 bits per heavy atom. The fourth-order valence-electron chi connectivity index (χ4n) is 2.83. The summed E-state index contributed by atoms with van der Waals surface area (Å²) in [6, 6.07) is 0.0233. The van der Waals surface area contributed by atoms with Gasteiger partial charge < -0.3 is 15.0 Å². The molecule has 94 valence electrons. The van der Waals surface area contributed by atoms with Crippen LogP contribution in [-0.4, -0.2) is 34.0 Å². The van der Waals surface area contributed by atoms with Gasteiger partial charge in [-0.25, -0.2) is 0 Å². The van der Waals surface area contributed by atoms with Gasteiger partial charge in [0.2, 0.25) is 0 Å². The van der Waals surface area contributed by atoms with Crippen molar-refractivity contribution in [1.29, 1.82) is 0 Å². The Kier molecular flexibility index (Phi) is 2.48. The van der Waals surface area contributed by atoms with Crippen molar-refractivity contribution in [2.75, 3.05) is 13.2 Å². The molecule has 2 aliphatic rings. The molecule has 3 rings (SSSR count). The topological polar surface area (TPSA) is 66.0 Å². The zero-order valence-corrected chi connectivity index (χ0v) is 10.5. The lowest BCUT2D eigenvalue weighted by atomic mass is 9.84. The van der Waals surface area contributed by atoms with E-state index >= 15 is 0 Å². The van der Waals surface area contributed by atoms with Crippen LogP contribution in [0.3, 0.4) is 0 Å². The maximum Gasteiger partial charge on any atom is 0.142 e. The molecule has 0 bridgehead atoms. The highest BCUT2D eigenvalue weighted by atomic mass is 16.5. The van der Waals surface area contributed by atoms with Gasteiger partial charge in [0.15, 0.2) is 0 Å². The number of aromatic nitrogens is 3. The Balaban J connectivity index is 1.99. The number of nitrogens with zero attached hydrogens (tertiary/aromatic N) is 3. The third-order valence-corrected chi connectivity index (χ3v) is 4.23. The van der Waals surface area contributed by atoms with E-state index in [9.17, 15) is 0 Å². The van der Waals surface area contributed by atoms with Crippen LogP contribution in [0.15, 0.2) is 0 Å². The van der Waals surface area contributed by atoms with Gasteiger partial charge in [-0.1, -0.05) is 6.92 Å². The minimum absolute atomic E-state index is 0.0233. The molecule has 17 heavy (non-hydrogen) atoms. The van der Waals surface area contributed by atoms with Crippen molar-refractivity contribution in [3.05, 3.63) is 11.6 Å². The second kappa shape index (κ2) is 3.78. The molecule has 0 spiro atoms. The Hall–Kier alpha value is -0.940. The van der Waals surface area contributed by atoms with E-state index in [1.807, 2.05) is 0 Å². The summed E-state index contributed by atoms with van der Waals surface area (Å²) < 4.78 is 7.76. The third kappa shape index (κ3) is 1.60. The molecule has 0 saturated carbocycles. The summed E-state index contributed by atoms with van der Waals surface area (Å²) in [4.78, 5) is 0. The summed E-state index contributed by atoms with van der Waals surface area (Å²) in [5.74, 6) is 2.84. The molecule has 1 aromatic rings. The molecule has 1 fully saturated rings. The number of fused-ring (bicyclic) bond motifs is 1. The summed E-state index contributed by atoms with van der Waals surface area (Å²) in [5, 5.41) is 8.72. The molecule has 0 amide bonds. The largest absolute Gasteiger partial charge is 0.379 e. The molecule has 2 N–H and O–H groups in total. The molecular formula is C12H20N4O. The predicted molar refractivity (Wildman–Crippen MR) is 63.7 cm³/mol. The molecule has 3 atom stereocenters. The van der Waals surface area contributed by atoms with E-state index < -0.39 is 0 Å². The third-order valence-electron chi connectivity index (χ3n) is 4.23. The van der Waals surface area contributed by atoms with Gasteiger partial charge in [0.1, 0.15) is 11.6 Å². The van der Waals surface area contributed by atoms with Gasteiger partial charge in [0, 0.05) is 19.0 Å². The molecular weight excluding hydrogens is 216 g/mol. The maximum atomic E-state index is 6.16. The van der Waals surface area contributed by atoms with Crippen LogP contribution in [0, 0.1) is 5.92 Å². The minimum Gasteiger partial charge on any atom is -0.379 e. The highest BCUT2D eigenvalue weighted by Gasteiger charge is 2.44. The Bertz CT molecular complexity index is 430. The molecule has 5 heteroatoms. The normalized spacial score (nSPS) is 37.1. The van der Waals surface area contributed by atoms with Gasteiger partial charge >= 0.3 is 0 Å². The van der Waals surface area contributed by atoms with Crippen molar-refractivity contribution in [2.24, 2.45) is 11.7 Å². The van der Waals surface area contributed by atoms with Gasteiger partial charge in [-0.05, 0) is 19.3 Å². The summed E-state index contributed by atoms with van der Waals surface area (Å²) in [6.45, 7) is 6.70. The predicted octanol–water partition coefficient (Wildman–Crippen LogP) is 0.476. The van der Waals surface area contributed by atoms with Crippen molar-refractivity contribution >= 4 is 0 Å². The summed E-state index contributed by atoms with van der Waals surface area (Å²) in [6.07, 6.45) is 2.23. The van der Waals surface area contributed by atoms with Crippen LogP contribution in [0.5, 0.6) is 0 Å². The van der Waals surface area contributed by atoms with E-state index in [1.54, 1.807) is 0 Å². The van der Waals surface area contributed by atoms with Crippen LogP contribution >= 0.6 is 0 Å². The molecule has 0 aliphatic carbocycles. The van der Waals surface area contributed by atoms with E-state index in [2.05, 4.69) is 28.6 Å². The van der Waals surface area contributed by atoms with Crippen molar-refractivity contribution in [3.8, 4) is 0 Å². The van der Waals surface area contributed by atoms with Gasteiger partial charge in [-0.15, -0.1) is 10.2 Å². The van der Waals surface area contributed by atoms with Crippen molar-refractivity contribution < 1.29 is 4.74 Å². The van der Waals surface area contributed by atoms with Crippen LogP contribution < -0.4 is 5.73 Å². The highest BCUT2D eigenvalue weighted by molar-refractivity contribution is 5.17. The van der Waals surface area contributed by atoms with Gasteiger partial charge in [0.25, 0.3) is 0 Å². The minimum atomic E-state index is -0.175. The average Bonchev–Trinajstić information content (AvgIpc) is 2.84. The summed E-state index contributed by atoms with van der Waals surface area (Å²) >= 11 is 0. The standard InChI is InChI=1S/C12H20N4O/c1-8-3-4-16-10(5-8)14-15-11(16)12(2)7-17-6-9(12)13/h8-9H,3-7,13H2,1-2H3. The lowest BCUT2D eigenvalue weighted by Crippen LogP contribution is -2.44. The van der Waals surface area contributed by atoms with Gasteiger partial charge in [0.05, 0.1) is 18.6 Å². The van der Waals surface area contributed by atoms with E-state index in [1.165, 1.54) is 6.42 Å². The fourth-order valence-corrected chi connectivity index (χ4v) is 2.83. The lowest BCUT2D eigenvalue weighted by Gasteiger charge is -2.29. The Morgan fingerprint density at radius 2 is 2.29 bits per heavy atom. The molecule has 3 unspecified atom stereocenters. The smallest absolute Gasteiger partial charge is 0.142 e. The first-order chi connectivity index (χ1) is 8.11. The molecule has 1 saturated heterocycles. The Labute approximate surface area is 101 Å².